The minimum atomic E-state index is -0.857. The van der Waals surface area contributed by atoms with Crippen molar-refractivity contribution in [2.24, 2.45) is 0 Å². The van der Waals surface area contributed by atoms with Crippen LogP contribution < -0.4 is 10.2 Å². The summed E-state index contributed by atoms with van der Waals surface area (Å²) < 4.78 is 23.5. The molecule has 0 saturated carbocycles. The Bertz CT molecular complexity index is 1020. The Morgan fingerprint density at radius 3 is 2.50 bits per heavy atom. The van der Waals surface area contributed by atoms with Gasteiger partial charge < -0.3 is 19.7 Å². The monoisotopic (exact) mass is 460 g/mol. The summed E-state index contributed by atoms with van der Waals surface area (Å²) in [4.78, 5) is 40.1. The fourth-order valence-electron chi connectivity index (χ4n) is 3.14. The molecule has 0 spiro atoms. The maximum atomic E-state index is 13.5. The number of nitrogens with zero attached hydrogens (tertiary/aromatic N) is 1. The van der Waals surface area contributed by atoms with Gasteiger partial charge in [-0.25, -0.2) is 14.0 Å². The molecule has 32 heavy (non-hydrogen) atoms. The molecule has 0 aromatic heterocycles. The molecule has 1 atom stereocenters. The number of hydrogen-bond donors (Lipinski definition) is 1. The van der Waals surface area contributed by atoms with Gasteiger partial charge in [0.25, 0.3) is 5.91 Å². The number of carbonyl (C=O) groups excluding carboxylic acids is 3. The Hall–Kier alpha value is -3.07. The molecule has 170 valence electrons. The molecule has 0 fully saturated rings. The molecule has 0 bridgehead atoms. The molecule has 0 radical (unpaired) electrons. The third-order valence-electron chi connectivity index (χ3n) is 4.59. The summed E-state index contributed by atoms with van der Waals surface area (Å²) in [7, 11) is 1.28. The smallest absolute Gasteiger partial charge is 0.408 e. The number of fused-ring (bicyclic) bond motifs is 1. The maximum absolute atomic E-state index is 13.5. The highest BCUT2D eigenvalue weighted by molar-refractivity contribution is 7.99. The molecule has 1 aliphatic heterocycles. The molecular formula is C23H25FN2O5S. The molecule has 3 rings (SSSR count). The van der Waals surface area contributed by atoms with Gasteiger partial charge in [-0.2, -0.15) is 0 Å². The van der Waals surface area contributed by atoms with Gasteiger partial charge in [0.1, 0.15) is 17.5 Å². The normalized spacial score (nSPS) is 16.1. The quantitative estimate of drug-likeness (QED) is 0.691. The Kier molecular flexibility index (Phi) is 7.08. The lowest BCUT2D eigenvalue weighted by Crippen LogP contribution is -2.50. The van der Waals surface area contributed by atoms with Crippen molar-refractivity contribution in [1.29, 1.82) is 0 Å². The van der Waals surface area contributed by atoms with Crippen molar-refractivity contribution < 1.29 is 28.2 Å². The van der Waals surface area contributed by atoms with E-state index in [1.165, 1.54) is 35.9 Å². The summed E-state index contributed by atoms with van der Waals surface area (Å²) in [6.07, 6.45) is -0.695. The number of esters is 1. The van der Waals surface area contributed by atoms with Crippen LogP contribution in [0.4, 0.5) is 14.9 Å². The molecule has 2 amide bonds. The molecule has 2 aromatic carbocycles. The van der Waals surface area contributed by atoms with E-state index in [1.807, 2.05) is 0 Å². The molecule has 2 aromatic rings. The predicted molar refractivity (Wildman–Crippen MR) is 119 cm³/mol. The Morgan fingerprint density at radius 2 is 1.88 bits per heavy atom. The van der Waals surface area contributed by atoms with Crippen molar-refractivity contribution >= 4 is 35.4 Å². The third kappa shape index (κ3) is 5.79. The Morgan fingerprint density at radius 1 is 1.19 bits per heavy atom. The topological polar surface area (TPSA) is 84.9 Å². The molecule has 1 heterocycles. The van der Waals surface area contributed by atoms with Crippen LogP contribution in [-0.4, -0.2) is 42.5 Å². The van der Waals surface area contributed by atoms with Crippen LogP contribution >= 0.6 is 11.8 Å². The van der Waals surface area contributed by atoms with Crippen molar-refractivity contribution in [3.05, 3.63) is 59.4 Å². The van der Waals surface area contributed by atoms with Crippen molar-refractivity contribution in [2.75, 3.05) is 17.8 Å². The number of benzene rings is 2. The number of ether oxygens (including phenoxy) is 2. The number of methoxy groups -OCH3 is 1. The summed E-state index contributed by atoms with van der Waals surface area (Å²) in [5.41, 5.74) is 0.789. The summed E-state index contributed by atoms with van der Waals surface area (Å²) in [6.45, 7) is 5.34. The van der Waals surface area contributed by atoms with Gasteiger partial charge in [-0.3, -0.25) is 4.79 Å². The largest absolute Gasteiger partial charge is 0.465 e. The van der Waals surface area contributed by atoms with Crippen molar-refractivity contribution in [1.82, 2.24) is 5.32 Å². The van der Waals surface area contributed by atoms with E-state index in [1.54, 1.807) is 51.1 Å². The van der Waals surface area contributed by atoms with Crippen LogP contribution in [0.15, 0.2) is 47.4 Å². The van der Waals surface area contributed by atoms with Crippen LogP contribution in [0.3, 0.4) is 0 Å². The number of rotatable bonds is 4. The van der Waals surface area contributed by atoms with E-state index in [-0.39, 0.29) is 24.0 Å². The van der Waals surface area contributed by atoms with Crippen molar-refractivity contribution in [2.45, 2.75) is 43.9 Å². The van der Waals surface area contributed by atoms with E-state index in [0.717, 1.165) is 4.90 Å². The number of carbonyl (C=O) groups is 3. The average Bonchev–Trinajstić information content (AvgIpc) is 2.85. The van der Waals surface area contributed by atoms with Gasteiger partial charge in [0.2, 0.25) is 0 Å². The first-order valence-corrected chi connectivity index (χ1v) is 11.0. The standard InChI is InChI=1S/C23H25FN2O5S/c1-23(2,3)31-22(29)25-17-13-32-19-10-7-15(21(28)30-4)11-18(19)26(20(17)27)12-14-5-8-16(24)9-6-14/h5-11,17H,12-13H2,1-4H3,(H,25,29)/t17-/m0/s1. The Balaban J connectivity index is 1.96. The highest BCUT2D eigenvalue weighted by atomic mass is 32.2. The molecule has 9 heteroatoms. The van der Waals surface area contributed by atoms with Gasteiger partial charge in [0.05, 0.1) is 24.9 Å². The average molecular weight is 461 g/mol. The van der Waals surface area contributed by atoms with Gasteiger partial charge >= 0.3 is 12.1 Å². The number of alkyl carbamates (subject to hydrolysis) is 1. The van der Waals surface area contributed by atoms with Crippen LogP contribution in [-0.2, 0) is 20.8 Å². The summed E-state index contributed by atoms with van der Waals surface area (Å²) >= 11 is 1.38. The molecule has 0 saturated heterocycles. The van der Waals surface area contributed by atoms with Crippen LogP contribution in [0, 0.1) is 5.82 Å². The zero-order valence-electron chi connectivity index (χ0n) is 18.3. The number of nitrogens with one attached hydrogen (secondary N) is 1. The first-order chi connectivity index (χ1) is 15.1. The molecule has 0 aliphatic carbocycles. The second-order valence-corrected chi connectivity index (χ2v) is 9.30. The highest BCUT2D eigenvalue weighted by Crippen LogP contribution is 2.36. The SMILES string of the molecule is COC(=O)c1ccc2c(c1)N(Cc1ccc(F)cc1)C(=O)[C@@H](NC(=O)OC(C)(C)C)CS2. The summed E-state index contributed by atoms with van der Waals surface area (Å²) in [5, 5.41) is 2.65. The maximum Gasteiger partial charge on any atom is 0.408 e. The van der Waals surface area contributed by atoms with E-state index in [4.69, 9.17) is 9.47 Å². The van der Waals surface area contributed by atoms with E-state index in [2.05, 4.69) is 5.32 Å². The zero-order valence-corrected chi connectivity index (χ0v) is 19.1. The number of thioether (sulfide) groups is 1. The first-order valence-electron chi connectivity index (χ1n) is 9.98. The van der Waals surface area contributed by atoms with E-state index in [9.17, 15) is 18.8 Å². The van der Waals surface area contributed by atoms with Crippen LogP contribution in [0.1, 0.15) is 36.7 Å². The van der Waals surface area contributed by atoms with Crippen LogP contribution in [0.5, 0.6) is 0 Å². The lowest BCUT2D eigenvalue weighted by Gasteiger charge is -2.27. The van der Waals surface area contributed by atoms with Gasteiger partial charge in [-0.1, -0.05) is 12.1 Å². The van der Waals surface area contributed by atoms with Gasteiger partial charge in [-0.05, 0) is 56.7 Å². The minimum absolute atomic E-state index is 0.129. The lowest BCUT2D eigenvalue weighted by atomic mass is 10.1. The molecule has 1 aliphatic rings. The first kappa shape index (κ1) is 23.6. The fraction of sp³-hybridized carbons (Fsp3) is 0.348. The minimum Gasteiger partial charge on any atom is -0.465 e. The molecule has 0 unspecified atom stereocenters. The number of hydrogen-bond acceptors (Lipinski definition) is 6. The van der Waals surface area contributed by atoms with Gasteiger partial charge in [-0.15, -0.1) is 11.8 Å². The number of amides is 2. The second kappa shape index (κ2) is 9.60. The number of halogens is 1. The number of anilines is 1. The van der Waals surface area contributed by atoms with E-state index < -0.39 is 23.7 Å². The fourth-order valence-corrected chi connectivity index (χ4v) is 4.19. The Labute approximate surface area is 190 Å². The third-order valence-corrected chi connectivity index (χ3v) is 5.74. The zero-order chi connectivity index (χ0) is 23.5. The van der Waals surface area contributed by atoms with Gasteiger partial charge in [0.15, 0.2) is 0 Å². The molecular weight excluding hydrogens is 435 g/mol. The summed E-state index contributed by atoms with van der Waals surface area (Å²) in [6, 6.07) is 9.90. The molecule has 7 nitrogen and oxygen atoms in total. The van der Waals surface area contributed by atoms with E-state index >= 15 is 0 Å². The second-order valence-electron chi connectivity index (χ2n) is 8.23. The van der Waals surface area contributed by atoms with Crippen LogP contribution in [0.2, 0.25) is 0 Å². The highest BCUT2D eigenvalue weighted by Gasteiger charge is 2.33. The van der Waals surface area contributed by atoms with E-state index in [0.29, 0.717) is 16.8 Å². The van der Waals surface area contributed by atoms with Crippen molar-refractivity contribution in [3.8, 4) is 0 Å². The summed E-state index contributed by atoms with van der Waals surface area (Å²) in [5.74, 6) is -1.000. The lowest BCUT2D eigenvalue weighted by molar-refractivity contribution is -0.120. The van der Waals surface area contributed by atoms with Crippen LogP contribution in [0.25, 0.3) is 0 Å². The van der Waals surface area contributed by atoms with Crippen molar-refractivity contribution in [3.63, 3.8) is 0 Å². The molecule has 1 N–H and O–H groups in total. The van der Waals surface area contributed by atoms with Gasteiger partial charge in [0, 0.05) is 10.6 Å². The predicted octanol–water partition coefficient (Wildman–Crippen LogP) is 4.14.